The third kappa shape index (κ3) is 2.53. The number of fused-ring (bicyclic) bond motifs is 6. The van der Waals surface area contributed by atoms with Gasteiger partial charge in [0.1, 0.15) is 5.75 Å². The molecule has 3 aliphatic heterocycles. The van der Waals surface area contributed by atoms with E-state index in [9.17, 15) is 4.79 Å². The van der Waals surface area contributed by atoms with Crippen molar-refractivity contribution in [3.63, 3.8) is 0 Å². The molecule has 0 bridgehead atoms. The van der Waals surface area contributed by atoms with Crippen LogP contribution in [0.2, 0.25) is 0 Å². The van der Waals surface area contributed by atoms with Gasteiger partial charge in [-0.1, -0.05) is 0 Å². The second-order valence-corrected chi connectivity index (χ2v) is 8.08. The molecule has 0 radical (unpaired) electrons. The summed E-state index contributed by atoms with van der Waals surface area (Å²) in [7, 11) is 1.70. The Morgan fingerprint density at radius 2 is 2.29 bits per heavy atom. The molecule has 2 unspecified atom stereocenters. The highest BCUT2D eigenvalue weighted by molar-refractivity contribution is 5.93. The van der Waals surface area contributed by atoms with Crippen LogP contribution in [0, 0.1) is 11.8 Å². The normalized spacial score (nSPS) is 29.2. The predicted octanol–water partition coefficient (Wildman–Crippen LogP) is 2.00. The number of methoxy groups -OCH3 is 1. The lowest BCUT2D eigenvalue weighted by molar-refractivity contribution is -0.120. The third-order valence-corrected chi connectivity index (χ3v) is 6.81. The van der Waals surface area contributed by atoms with Crippen molar-refractivity contribution in [3.8, 4) is 5.75 Å². The molecule has 148 valence electrons. The monoisotopic (exact) mass is 382 g/mol. The number of aromatic nitrogens is 1. The first kappa shape index (κ1) is 17.6. The van der Waals surface area contributed by atoms with Crippen LogP contribution in [0.25, 0.3) is 10.9 Å². The molecule has 1 aromatic carbocycles. The number of hydrogen-bond acceptors (Lipinski definition) is 5. The Labute approximate surface area is 163 Å². The second-order valence-electron chi connectivity index (χ2n) is 8.08. The Balaban J connectivity index is 1.54. The molecule has 0 spiro atoms. The zero-order valence-electron chi connectivity index (χ0n) is 16.2. The first-order valence-electron chi connectivity index (χ1n) is 9.89. The van der Waals surface area contributed by atoms with Gasteiger partial charge in [0.05, 0.1) is 31.1 Å². The first-order valence-corrected chi connectivity index (χ1v) is 9.89. The Morgan fingerprint density at radius 3 is 3.07 bits per heavy atom. The lowest BCUT2D eigenvalue weighted by atomic mass is 9.72. The van der Waals surface area contributed by atoms with Crippen LogP contribution in [-0.2, 0) is 16.0 Å². The quantitative estimate of drug-likeness (QED) is 0.420. The maximum Gasteiger partial charge on any atom is 0.264 e. The number of piperidine rings is 1. The van der Waals surface area contributed by atoms with Gasteiger partial charge in [0.25, 0.3) is 5.91 Å². The summed E-state index contributed by atoms with van der Waals surface area (Å²) in [5, 5.41) is 1.24. The van der Waals surface area contributed by atoms with E-state index in [0.29, 0.717) is 11.5 Å². The van der Waals surface area contributed by atoms with Crippen molar-refractivity contribution in [2.24, 2.45) is 17.7 Å². The van der Waals surface area contributed by atoms with Gasteiger partial charge in [0, 0.05) is 41.5 Å². The molecule has 7 heteroatoms. The molecule has 2 aromatic rings. The van der Waals surface area contributed by atoms with Crippen LogP contribution in [-0.4, -0.2) is 42.1 Å². The maximum absolute atomic E-state index is 12.3. The summed E-state index contributed by atoms with van der Waals surface area (Å²) < 4.78 is 11.2. The number of nitrogens with zero attached hydrogens (tertiary/aromatic N) is 1. The Morgan fingerprint density at radius 1 is 1.43 bits per heavy atom. The number of rotatable bonds is 2. The van der Waals surface area contributed by atoms with Crippen molar-refractivity contribution >= 4 is 16.8 Å². The molecule has 1 saturated heterocycles. The van der Waals surface area contributed by atoms with Crippen LogP contribution in [0.15, 0.2) is 30.0 Å². The van der Waals surface area contributed by atoms with Crippen LogP contribution < -0.4 is 16.0 Å². The molecule has 5 rings (SSSR count). The number of carbonyl (C=O) groups is 1. The van der Waals surface area contributed by atoms with Gasteiger partial charge in [-0.25, -0.2) is 5.84 Å². The Hall–Kier alpha value is -2.51. The van der Waals surface area contributed by atoms with Crippen LogP contribution >= 0.6 is 0 Å². The van der Waals surface area contributed by atoms with Crippen LogP contribution in [0.4, 0.5) is 0 Å². The van der Waals surface area contributed by atoms with E-state index in [1.54, 1.807) is 13.4 Å². The van der Waals surface area contributed by atoms with Gasteiger partial charge in [-0.05, 0) is 43.5 Å². The average molecular weight is 382 g/mol. The van der Waals surface area contributed by atoms with E-state index in [2.05, 4.69) is 34.4 Å². The highest BCUT2D eigenvalue weighted by Gasteiger charge is 2.46. The van der Waals surface area contributed by atoms with Gasteiger partial charge in [-0.2, -0.15) is 0 Å². The van der Waals surface area contributed by atoms with Crippen LogP contribution in [0.3, 0.4) is 0 Å². The van der Waals surface area contributed by atoms with Crippen molar-refractivity contribution in [2.75, 3.05) is 20.2 Å². The molecule has 1 fully saturated rings. The maximum atomic E-state index is 12.3. The zero-order chi connectivity index (χ0) is 19.4. The van der Waals surface area contributed by atoms with Gasteiger partial charge in [0.2, 0.25) is 0 Å². The molecule has 28 heavy (non-hydrogen) atoms. The smallest absolute Gasteiger partial charge is 0.264 e. The Kier molecular flexibility index (Phi) is 4.10. The third-order valence-electron chi connectivity index (χ3n) is 6.81. The van der Waals surface area contributed by atoms with Gasteiger partial charge in [0.15, 0.2) is 0 Å². The minimum atomic E-state index is -0.243. The predicted molar refractivity (Wildman–Crippen MR) is 105 cm³/mol. The second kappa shape index (κ2) is 6.53. The fourth-order valence-electron chi connectivity index (χ4n) is 5.33. The summed E-state index contributed by atoms with van der Waals surface area (Å²) in [4.78, 5) is 18.5. The molecule has 4 N–H and O–H groups in total. The zero-order valence-corrected chi connectivity index (χ0v) is 16.2. The molecule has 0 saturated carbocycles. The molecule has 0 aliphatic carbocycles. The number of benzene rings is 1. The summed E-state index contributed by atoms with van der Waals surface area (Å²) in [6.45, 7) is 4.03. The number of H-pyrrole nitrogens is 1. The summed E-state index contributed by atoms with van der Waals surface area (Å²) >= 11 is 0. The van der Waals surface area contributed by atoms with E-state index >= 15 is 0 Å². The van der Waals surface area contributed by atoms with E-state index in [1.807, 2.05) is 6.07 Å². The summed E-state index contributed by atoms with van der Waals surface area (Å²) in [5.74, 6) is 6.49. The van der Waals surface area contributed by atoms with E-state index in [-0.39, 0.29) is 24.0 Å². The molecule has 1 amide bonds. The molecule has 1 aromatic heterocycles. The van der Waals surface area contributed by atoms with Crippen molar-refractivity contribution in [2.45, 2.75) is 31.9 Å². The van der Waals surface area contributed by atoms with Gasteiger partial charge in [-0.15, -0.1) is 0 Å². The standard InChI is InChI=1S/C21H26N4O3/c1-11-16-9-25-6-5-13-15-7-12(27-2)3-4-18(15)23-20(13)19(25)8-14(16)17(10-28-11)21(26)24-22/h3-4,7,10-11,14,16,19,23H,5-6,8-9,22H2,1-2H3,(H,24,26)/t11-,14?,16+,19?/m0/s1. The fraction of sp³-hybridized carbons (Fsp3) is 0.476. The van der Waals surface area contributed by atoms with Crippen molar-refractivity contribution in [1.82, 2.24) is 15.3 Å². The number of aromatic amines is 1. The topological polar surface area (TPSA) is 92.6 Å². The molecule has 3 aliphatic rings. The number of hydrazine groups is 1. The van der Waals surface area contributed by atoms with Crippen molar-refractivity contribution in [3.05, 3.63) is 41.3 Å². The van der Waals surface area contributed by atoms with Gasteiger partial charge < -0.3 is 14.5 Å². The van der Waals surface area contributed by atoms with Crippen molar-refractivity contribution < 1.29 is 14.3 Å². The molecular formula is C21H26N4O3. The summed E-state index contributed by atoms with van der Waals surface area (Å²) in [6.07, 6.45) is 3.60. The SMILES string of the molecule is COc1ccc2[nH]c3c(c2c1)CCN1C[C@H]2C(CC31)C(C(=O)NN)=CO[C@H]2C. The highest BCUT2D eigenvalue weighted by atomic mass is 16.5. The average Bonchev–Trinajstić information content (AvgIpc) is 3.10. The number of nitrogens with one attached hydrogen (secondary N) is 2. The van der Waals surface area contributed by atoms with E-state index in [4.69, 9.17) is 15.3 Å². The largest absolute Gasteiger partial charge is 0.497 e. The van der Waals surface area contributed by atoms with E-state index < -0.39 is 0 Å². The summed E-state index contributed by atoms with van der Waals surface area (Å²) in [5.41, 5.74) is 6.75. The highest BCUT2D eigenvalue weighted by Crippen LogP contribution is 2.47. The van der Waals surface area contributed by atoms with Crippen LogP contribution in [0.5, 0.6) is 5.75 Å². The molecule has 7 nitrogen and oxygen atoms in total. The number of nitrogens with two attached hydrogens (primary N) is 1. The lowest BCUT2D eigenvalue weighted by Crippen LogP contribution is -2.52. The Bertz CT molecular complexity index is 966. The fourth-order valence-corrected chi connectivity index (χ4v) is 5.33. The van der Waals surface area contributed by atoms with Crippen molar-refractivity contribution in [1.29, 1.82) is 0 Å². The number of carbonyl (C=O) groups excluding carboxylic acids is 1. The molecule has 4 heterocycles. The minimum absolute atomic E-state index is 0.0913. The van der Waals surface area contributed by atoms with E-state index in [1.165, 1.54) is 16.6 Å². The number of hydrogen-bond donors (Lipinski definition) is 3. The number of amides is 1. The molecule has 4 atom stereocenters. The first-order chi connectivity index (χ1) is 13.6. The van der Waals surface area contributed by atoms with Gasteiger partial charge in [-0.3, -0.25) is 15.1 Å². The lowest BCUT2D eigenvalue weighted by Gasteiger charge is -2.49. The van der Waals surface area contributed by atoms with E-state index in [0.717, 1.165) is 37.2 Å². The number of ether oxygens (including phenoxy) is 2. The summed E-state index contributed by atoms with van der Waals surface area (Å²) in [6, 6.07) is 6.47. The minimum Gasteiger partial charge on any atom is -0.497 e. The van der Waals surface area contributed by atoms with Gasteiger partial charge >= 0.3 is 0 Å². The molecular weight excluding hydrogens is 356 g/mol. The van der Waals surface area contributed by atoms with Crippen LogP contribution in [0.1, 0.15) is 30.6 Å².